The Morgan fingerprint density at radius 2 is 2.04 bits per heavy atom. The van der Waals surface area contributed by atoms with Gasteiger partial charge in [-0.25, -0.2) is 0 Å². The second-order valence-electron chi connectivity index (χ2n) is 7.94. The third kappa shape index (κ3) is 3.61. The zero-order valence-corrected chi connectivity index (χ0v) is 15.5. The second kappa shape index (κ2) is 6.83. The number of aliphatic carboxylic acids is 1. The quantitative estimate of drug-likeness (QED) is 0.875. The van der Waals surface area contributed by atoms with Crippen molar-refractivity contribution < 1.29 is 19.2 Å². The van der Waals surface area contributed by atoms with Crippen LogP contribution in [0.1, 0.15) is 37.0 Å². The zero-order chi connectivity index (χ0) is 19.0. The van der Waals surface area contributed by atoms with Gasteiger partial charge in [0, 0.05) is 37.1 Å². The van der Waals surface area contributed by atoms with E-state index in [-0.39, 0.29) is 24.8 Å². The highest BCUT2D eigenvalue weighted by molar-refractivity contribution is 5.83. The van der Waals surface area contributed by atoms with Gasteiger partial charge < -0.3 is 14.5 Å². The number of carboxylic acids is 1. The molecular formula is C21H24N2O4. The molecule has 142 valence electrons. The molecule has 1 saturated carbocycles. The minimum atomic E-state index is -1.01. The lowest BCUT2D eigenvalue weighted by molar-refractivity contribution is -0.155. The van der Waals surface area contributed by atoms with Crippen molar-refractivity contribution in [3.05, 3.63) is 41.7 Å². The van der Waals surface area contributed by atoms with Crippen LogP contribution in [-0.2, 0) is 16.0 Å². The number of carbonyl (C=O) groups excluding carboxylic acids is 1. The monoisotopic (exact) mass is 368 g/mol. The highest BCUT2D eigenvalue weighted by Gasteiger charge is 2.46. The number of aromatic nitrogens is 1. The molecule has 0 unspecified atom stereocenters. The molecule has 6 heteroatoms. The van der Waals surface area contributed by atoms with Crippen molar-refractivity contribution in [3.8, 4) is 11.3 Å². The smallest absolute Gasteiger partial charge is 0.311 e. The van der Waals surface area contributed by atoms with Gasteiger partial charge in [0.15, 0.2) is 0 Å². The Bertz CT molecular complexity index is 853. The third-order valence-corrected chi connectivity index (χ3v) is 5.69. The van der Waals surface area contributed by atoms with Gasteiger partial charge in [0.1, 0.15) is 11.5 Å². The maximum absolute atomic E-state index is 12.4. The fourth-order valence-corrected chi connectivity index (χ4v) is 3.89. The third-order valence-electron chi connectivity index (χ3n) is 5.69. The molecule has 0 bridgehead atoms. The van der Waals surface area contributed by atoms with Crippen LogP contribution in [0, 0.1) is 18.3 Å². The van der Waals surface area contributed by atoms with E-state index in [9.17, 15) is 14.7 Å². The molecule has 2 aliphatic rings. The van der Waals surface area contributed by atoms with E-state index < -0.39 is 11.4 Å². The molecule has 6 nitrogen and oxygen atoms in total. The number of nitrogens with zero attached hydrogens (tertiary/aromatic N) is 2. The topological polar surface area (TPSA) is 83.6 Å². The van der Waals surface area contributed by atoms with Crippen LogP contribution in [0.3, 0.4) is 0 Å². The zero-order valence-electron chi connectivity index (χ0n) is 15.5. The largest absolute Gasteiger partial charge is 0.481 e. The molecule has 1 amide bonds. The molecular weight excluding hydrogens is 344 g/mol. The van der Waals surface area contributed by atoms with E-state index in [1.54, 1.807) is 4.90 Å². The number of aryl methyl sites for hydroxylation is 1. The summed E-state index contributed by atoms with van der Waals surface area (Å²) in [7, 11) is 0. The number of hydrogen-bond donors (Lipinski definition) is 1. The standard InChI is InChI=1S/C21H24N2O4/c1-14-3-5-15(6-4-14)18-11-17(27-22-18)12-21(20(25)26)9-2-10-23(13-21)19(24)16-7-8-16/h3-6,11,16H,2,7-10,12-13H2,1H3,(H,25,26)/t21-/m1/s1. The van der Waals surface area contributed by atoms with E-state index in [4.69, 9.17) is 4.52 Å². The molecule has 2 aromatic rings. The minimum Gasteiger partial charge on any atom is -0.481 e. The first-order chi connectivity index (χ1) is 13.0. The number of piperidine rings is 1. The van der Waals surface area contributed by atoms with Gasteiger partial charge in [-0.05, 0) is 32.6 Å². The van der Waals surface area contributed by atoms with Crippen molar-refractivity contribution in [1.29, 1.82) is 0 Å². The first kappa shape index (κ1) is 17.8. The van der Waals surface area contributed by atoms with E-state index >= 15 is 0 Å². The molecule has 1 aliphatic carbocycles. The van der Waals surface area contributed by atoms with Crippen LogP contribution in [0.5, 0.6) is 0 Å². The van der Waals surface area contributed by atoms with Crippen LogP contribution >= 0.6 is 0 Å². The van der Waals surface area contributed by atoms with Crippen LogP contribution in [-0.4, -0.2) is 40.1 Å². The summed E-state index contributed by atoms with van der Waals surface area (Å²) in [6.07, 6.45) is 3.34. The number of carbonyl (C=O) groups is 2. The van der Waals surface area contributed by atoms with Gasteiger partial charge in [-0.2, -0.15) is 0 Å². The fourth-order valence-electron chi connectivity index (χ4n) is 3.89. The predicted molar refractivity (Wildman–Crippen MR) is 99.0 cm³/mol. The van der Waals surface area contributed by atoms with E-state index in [2.05, 4.69) is 5.16 Å². The number of hydrogen-bond acceptors (Lipinski definition) is 4. The average Bonchev–Trinajstić information content (AvgIpc) is 3.41. The number of rotatable bonds is 5. The van der Waals surface area contributed by atoms with Crippen LogP contribution in [0.2, 0.25) is 0 Å². The van der Waals surface area contributed by atoms with Crippen molar-refractivity contribution in [2.45, 2.75) is 39.0 Å². The van der Waals surface area contributed by atoms with Crippen molar-refractivity contribution in [2.75, 3.05) is 13.1 Å². The Kier molecular flexibility index (Phi) is 4.50. The Morgan fingerprint density at radius 1 is 1.30 bits per heavy atom. The van der Waals surface area contributed by atoms with Crippen LogP contribution in [0.4, 0.5) is 0 Å². The van der Waals surface area contributed by atoms with Crippen LogP contribution in [0.25, 0.3) is 11.3 Å². The van der Waals surface area contributed by atoms with Crippen LogP contribution in [0.15, 0.2) is 34.9 Å². The first-order valence-corrected chi connectivity index (χ1v) is 9.52. The Balaban J connectivity index is 1.54. The van der Waals surface area contributed by atoms with E-state index in [0.29, 0.717) is 30.8 Å². The molecule has 1 aliphatic heterocycles. The molecule has 1 N–H and O–H groups in total. The first-order valence-electron chi connectivity index (χ1n) is 9.52. The van der Waals surface area contributed by atoms with Gasteiger partial charge in [-0.1, -0.05) is 35.0 Å². The Labute approximate surface area is 158 Å². The molecule has 2 heterocycles. The molecule has 1 saturated heterocycles. The van der Waals surface area contributed by atoms with Gasteiger partial charge in [-0.3, -0.25) is 9.59 Å². The van der Waals surface area contributed by atoms with Gasteiger partial charge >= 0.3 is 5.97 Å². The molecule has 2 fully saturated rings. The number of amides is 1. The normalized spacial score (nSPS) is 22.6. The average molecular weight is 368 g/mol. The summed E-state index contributed by atoms with van der Waals surface area (Å²) in [5.41, 5.74) is 1.80. The van der Waals surface area contributed by atoms with Gasteiger partial charge in [0.25, 0.3) is 0 Å². The number of carboxylic acid groups (broad SMARTS) is 1. The molecule has 4 rings (SSSR count). The van der Waals surface area contributed by atoms with Crippen molar-refractivity contribution in [3.63, 3.8) is 0 Å². The maximum Gasteiger partial charge on any atom is 0.311 e. The molecule has 1 atom stereocenters. The predicted octanol–water partition coefficient (Wildman–Crippen LogP) is 3.30. The lowest BCUT2D eigenvalue weighted by Gasteiger charge is -2.39. The van der Waals surface area contributed by atoms with Crippen molar-refractivity contribution >= 4 is 11.9 Å². The summed E-state index contributed by atoms with van der Waals surface area (Å²) in [4.78, 5) is 26.3. The number of benzene rings is 1. The second-order valence-corrected chi connectivity index (χ2v) is 7.94. The number of likely N-dealkylation sites (tertiary alicyclic amines) is 1. The van der Waals surface area contributed by atoms with E-state index in [0.717, 1.165) is 24.0 Å². The summed E-state index contributed by atoms with van der Waals surface area (Å²) in [6.45, 7) is 2.92. The summed E-state index contributed by atoms with van der Waals surface area (Å²) in [6, 6.07) is 9.77. The highest BCUT2D eigenvalue weighted by Crippen LogP contribution is 2.38. The van der Waals surface area contributed by atoms with Gasteiger partial charge in [-0.15, -0.1) is 0 Å². The molecule has 1 aromatic carbocycles. The maximum atomic E-state index is 12.4. The SMILES string of the molecule is Cc1ccc(-c2cc(C[C@]3(C(=O)O)CCCN(C(=O)C4CC4)C3)on2)cc1. The molecule has 27 heavy (non-hydrogen) atoms. The van der Waals surface area contributed by atoms with Crippen LogP contribution < -0.4 is 0 Å². The molecule has 0 radical (unpaired) electrons. The van der Waals surface area contributed by atoms with Gasteiger partial charge in [0.2, 0.25) is 5.91 Å². The summed E-state index contributed by atoms with van der Waals surface area (Å²) in [5.74, 6) is -0.107. The molecule has 0 spiro atoms. The fraction of sp³-hybridized carbons (Fsp3) is 0.476. The van der Waals surface area contributed by atoms with E-state index in [1.807, 2.05) is 37.3 Å². The van der Waals surface area contributed by atoms with Crippen molar-refractivity contribution in [2.24, 2.45) is 11.3 Å². The Morgan fingerprint density at radius 3 is 2.70 bits per heavy atom. The van der Waals surface area contributed by atoms with Gasteiger partial charge in [0.05, 0.1) is 5.41 Å². The minimum absolute atomic E-state index is 0.105. The molecule has 1 aromatic heterocycles. The lowest BCUT2D eigenvalue weighted by Crippen LogP contribution is -2.51. The Hall–Kier alpha value is -2.63. The van der Waals surface area contributed by atoms with Crippen molar-refractivity contribution in [1.82, 2.24) is 10.1 Å². The summed E-state index contributed by atoms with van der Waals surface area (Å²) >= 11 is 0. The summed E-state index contributed by atoms with van der Waals surface area (Å²) in [5, 5.41) is 14.1. The highest BCUT2D eigenvalue weighted by atomic mass is 16.5. The lowest BCUT2D eigenvalue weighted by atomic mass is 9.76. The van der Waals surface area contributed by atoms with E-state index in [1.165, 1.54) is 0 Å². The summed E-state index contributed by atoms with van der Waals surface area (Å²) < 4.78 is 5.47.